The summed E-state index contributed by atoms with van der Waals surface area (Å²) in [6, 6.07) is 1.75. The van der Waals surface area contributed by atoms with Crippen molar-refractivity contribution in [2.75, 3.05) is 13.7 Å². The van der Waals surface area contributed by atoms with Gasteiger partial charge in [-0.3, -0.25) is 4.79 Å². The topological polar surface area (TPSA) is 62.1 Å². The summed E-state index contributed by atoms with van der Waals surface area (Å²) in [7, 11) is 1.46. The minimum Gasteiger partial charge on any atom is -0.375 e. The van der Waals surface area contributed by atoms with E-state index in [9.17, 15) is 4.79 Å². The molecule has 1 aliphatic carbocycles. The number of amides is 1. The summed E-state index contributed by atoms with van der Waals surface area (Å²) in [5.74, 6) is 0.159. The minimum absolute atomic E-state index is 0.0326. The normalized spacial score (nSPS) is 18.0. The highest BCUT2D eigenvalue weighted by atomic mass is 16.5. The molecule has 0 saturated heterocycles. The van der Waals surface area contributed by atoms with Crippen molar-refractivity contribution in [2.24, 2.45) is 5.92 Å². The lowest BCUT2D eigenvalue weighted by Gasteiger charge is -2.08. The molecule has 12 heavy (non-hydrogen) atoms. The van der Waals surface area contributed by atoms with Crippen molar-refractivity contribution >= 4 is 5.91 Å². The van der Waals surface area contributed by atoms with Crippen LogP contribution >= 0.6 is 0 Å². The molecule has 0 aliphatic heterocycles. The number of ether oxygens (including phenoxy) is 1. The summed E-state index contributed by atoms with van der Waals surface area (Å²) in [6.45, 7) is 0.0326. The number of rotatable bonds is 4. The molecule has 4 heteroatoms. The Morgan fingerprint density at radius 1 is 1.83 bits per heavy atom. The van der Waals surface area contributed by atoms with E-state index in [-0.39, 0.29) is 18.6 Å². The van der Waals surface area contributed by atoms with E-state index >= 15 is 0 Å². The van der Waals surface area contributed by atoms with Crippen LogP contribution in [0.4, 0.5) is 0 Å². The Labute approximate surface area is 71.5 Å². The van der Waals surface area contributed by atoms with Crippen molar-refractivity contribution in [3.05, 3.63) is 0 Å². The van der Waals surface area contributed by atoms with Gasteiger partial charge in [-0.2, -0.15) is 5.26 Å². The summed E-state index contributed by atoms with van der Waals surface area (Å²) >= 11 is 0. The molecule has 0 aromatic heterocycles. The molecule has 66 valence electrons. The maximum Gasteiger partial charge on any atom is 0.247 e. The zero-order valence-electron chi connectivity index (χ0n) is 7.04. The van der Waals surface area contributed by atoms with E-state index in [0.717, 1.165) is 12.8 Å². The number of hydrogen-bond donors (Lipinski definition) is 1. The van der Waals surface area contributed by atoms with Crippen molar-refractivity contribution in [1.29, 1.82) is 5.26 Å². The second-order valence-electron chi connectivity index (χ2n) is 2.94. The van der Waals surface area contributed by atoms with Gasteiger partial charge in [-0.05, 0) is 18.8 Å². The van der Waals surface area contributed by atoms with Crippen LogP contribution < -0.4 is 5.32 Å². The van der Waals surface area contributed by atoms with Gasteiger partial charge in [-0.25, -0.2) is 0 Å². The van der Waals surface area contributed by atoms with E-state index in [1.807, 2.05) is 0 Å². The lowest BCUT2D eigenvalue weighted by Crippen LogP contribution is -2.37. The molecule has 1 saturated carbocycles. The fourth-order valence-electron chi connectivity index (χ4n) is 1.03. The van der Waals surface area contributed by atoms with Crippen molar-refractivity contribution in [3.8, 4) is 6.07 Å². The quantitative estimate of drug-likeness (QED) is 0.645. The van der Waals surface area contributed by atoms with E-state index in [4.69, 9.17) is 5.26 Å². The zero-order valence-corrected chi connectivity index (χ0v) is 7.04. The van der Waals surface area contributed by atoms with E-state index in [1.54, 1.807) is 0 Å². The van der Waals surface area contributed by atoms with Crippen LogP contribution in [0.3, 0.4) is 0 Å². The summed E-state index contributed by atoms with van der Waals surface area (Å²) in [5.41, 5.74) is 0. The molecule has 0 radical (unpaired) electrons. The lowest BCUT2D eigenvalue weighted by molar-refractivity contribution is -0.125. The molecular weight excluding hydrogens is 156 g/mol. The smallest absolute Gasteiger partial charge is 0.247 e. The number of methoxy groups -OCH3 is 1. The fourth-order valence-corrected chi connectivity index (χ4v) is 1.03. The third-order valence-corrected chi connectivity index (χ3v) is 1.82. The average Bonchev–Trinajstić information content (AvgIpc) is 2.83. The molecule has 0 aromatic carbocycles. The van der Waals surface area contributed by atoms with Crippen molar-refractivity contribution < 1.29 is 9.53 Å². The Bertz CT molecular complexity index is 206. The number of hydrogen-bond acceptors (Lipinski definition) is 3. The summed E-state index contributed by atoms with van der Waals surface area (Å²) in [5, 5.41) is 11.3. The maximum absolute atomic E-state index is 11.0. The van der Waals surface area contributed by atoms with Crippen molar-refractivity contribution in [1.82, 2.24) is 5.32 Å². The molecule has 1 atom stereocenters. The second kappa shape index (κ2) is 4.07. The zero-order chi connectivity index (χ0) is 8.97. The molecule has 1 rings (SSSR count). The molecule has 0 spiro atoms. The summed E-state index contributed by atoms with van der Waals surface area (Å²) < 4.78 is 4.63. The highest BCUT2D eigenvalue weighted by Crippen LogP contribution is 2.32. The van der Waals surface area contributed by atoms with Crippen molar-refractivity contribution in [3.63, 3.8) is 0 Å². The van der Waals surface area contributed by atoms with Crippen LogP contribution in [0.25, 0.3) is 0 Å². The Morgan fingerprint density at radius 3 is 2.92 bits per heavy atom. The number of nitrogens with one attached hydrogen (secondary N) is 1. The Morgan fingerprint density at radius 2 is 2.50 bits per heavy atom. The van der Waals surface area contributed by atoms with Crippen molar-refractivity contribution in [2.45, 2.75) is 18.9 Å². The summed E-state index contributed by atoms with van der Waals surface area (Å²) in [4.78, 5) is 11.0. The van der Waals surface area contributed by atoms with Crippen LogP contribution in [-0.4, -0.2) is 25.7 Å². The average molecular weight is 168 g/mol. The molecule has 1 amide bonds. The molecule has 1 unspecified atom stereocenters. The monoisotopic (exact) mass is 168 g/mol. The molecule has 0 bridgehead atoms. The Balaban J connectivity index is 2.27. The third kappa shape index (κ3) is 2.51. The molecule has 1 aliphatic rings. The molecule has 1 fully saturated rings. The van der Waals surface area contributed by atoms with E-state index in [2.05, 4.69) is 16.1 Å². The molecule has 4 nitrogen and oxygen atoms in total. The first-order valence-corrected chi connectivity index (χ1v) is 3.96. The van der Waals surface area contributed by atoms with Gasteiger partial charge in [-0.1, -0.05) is 0 Å². The standard InChI is InChI=1S/C8H12N2O2/c1-12-5-8(11)10-7(4-9)6-2-3-6/h6-7H,2-3,5H2,1H3,(H,10,11). The van der Waals surface area contributed by atoms with Gasteiger partial charge in [0.1, 0.15) is 12.6 Å². The first kappa shape index (κ1) is 9.01. The van der Waals surface area contributed by atoms with Crippen LogP contribution in [0.15, 0.2) is 0 Å². The van der Waals surface area contributed by atoms with Gasteiger partial charge in [-0.15, -0.1) is 0 Å². The largest absolute Gasteiger partial charge is 0.375 e. The first-order chi connectivity index (χ1) is 5.77. The van der Waals surface area contributed by atoms with Crippen LogP contribution in [0.1, 0.15) is 12.8 Å². The second-order valence-corrected chi connectivity index (χ2v) is 2.94. The highest BCUT2D eigenvalue weighted by Gasteiger charge is 2.32. The van der Waals surface area contributed by atoms with E-state index in [1.165, 1.54) is 7.11 Å². The fraction of sp³-hybridized carbons (Fsp3) is 0.750. The van der Waals surface area contributed by atoms with E-state index in [0.29, 0.717) is 5.92 Å². The number of carbonyl (C=O) groups excluding carboxylic acids is 1. The van der Waals surface area contributed by atoms with E-state index < -0.39 is 0 Å². The number of nitriles is 1. The minimum atomic E-state index is -0.312. The van der Waals surface area contributed by atoms with Crippen LogP contribution in [0, 0.1) is 17.2 Å². The van der Waals surface area contributed by atoms with Gasteiger partial charge in [0.25, 0.3) is 0 Å². The Hall–Kier alpha value is -1.08. The van der Waals surface area contributed by atoms with Crippen LogP contribution in [0.5, 0.6) is 0 Å². The van der Waals surface area contributed by atoms with Gasteiger partial charge in [0.15, 0.2) is 0 Å². The molecular formula is C8H12N2O2. The van der Waals surface area contributed by atoms with Gasteiger partial charge in [0, 0.05) is 7.11 Å². The van der Waals surface area contributed by atoms with Gasteiger partial charge in [0.2, 0.25) is 5.91 Å². The van der Waals surface area contributed by atoms with Gasteiger partial charge < -0.3 is 10.1 Å². The molecule has 0 aromatic rings. The molecule has 1 N–H and O–H groups in total. The summed E-state index contributed by atoms with van der Waals surface area (Å²) in [6.07, 6.45) is 2.09. The predicted octanol–water partition coefficient (Wildman–Crippen LogP) is 0.0512. The SMILES string of the molecule is COCC(=O)NC(C#N)C1CC1. The number of carbonyl (C=O) groups is 1. The van der Waals surface area contributed by atoms with Crippen LogP contribution in [0.2, 0.25) is 0 Å². The third-order valence-electron chi connectivity index (χ3n) is 1.82. The number of nitrogens with zero attached hydrogens (tertiary/aromatic N) is 1. The molecule has 0 heterocycles. The first-order valence-electron chi connectivity index (χ1n) is 3.96. The van der Waals surface area contributed by atoms with Gasteiger partial charge >= 0.3 is 0 Å². The lowest BCUT2D eigenvalue weighted by atomic mass is 10.2. The maximum atomic E-state index is 11.0. The van der Waals surface area contributed by atoms with Crippen LogP contribution in [-0.2, 0) is 9.53 Å². The van der Waals surface area contributed by atoms with Gasteiger partial charge in [0.05, 0.1) is 6.07 Å². The predicted molar refractivity (Wildman–Crippen MR) is 42.1 cm³/mol. The highest BCUT2D eigenvalue weighted by molar-refractivity contribution is 5.77. The Kier molecular flexibility index (Phi) is 3.06.